The summed E-state index contributed by atoms with van der Waals surface area (Å²) in [6.45, 7) is 2.71. The number of benzene rings is 2. The van der Waals surface area contributed by atoms with Gasteiger partial charge in [-0.15, -0.1) is 0 Å². The van der Waals surface area contributed by atoms with Crippen LogP contribution in [0, 0.1) is 4.77 Å². The van der Waals surface area contributed by atoms with Gasteiger partial charge in [-0.1, -0.05) is 52.1 Å². The van der Waals surface area contributed by atoms with Gasteiger partial charge in [-0.3, -0.25) is 5.10 Å². The molecule has 3 aromatic rings. The molecule has 3 rings (SSSR count). The molecule has 0 aliphatic rings. The number of halogens is 3. The minimum absolute atomic E-state index is 0.265. The predicted molar refractivity (Wildman–Crippen MR) is 121 cm³/mol. The van der Waals surface area contributed by atoms with Crippen LogP contribution in [0.2, 0.25) is 10.0 Å². The molecule has 1 heterocycles. The third kappa shape index (κ3) is 5.06. The maximum atomic E-state index is 6.28. The van der Waals surface area contributed by atoms with Crippen LogP contribution >= 0.6 is 51.3 Å². The van der Waals surface area contributed by atoms with Crippen molar-refractivity contribution in [2.45, 2.75) is 26.5 Å². The molecular formula is C19H19BrCl2N4O2S. The van der Waals surface area contributed by atoms with Gasteiger partial charge in [0.25, 0.3) is 0 Å². The number of hydrogen-bond donors (Lipinski definition) is 2. The van der Waals surface area contributed by atoms with Crippen LogP contribution in [-0.4, -0.2) is 22.0 Å². The van der Waals surface area contributed by atoms with Gasteiger partial charge >= 0.3 is 0 Å². The second-order valence-corrected chi connectivity index (χ2v) is 8.14. The molecule has 6 nitrogen and oxygen atoms in total. The molecule has 0 aliphatic carbocycles. The van der Waals surface area contributed by atoms with Crippen LogP contribution in [0.1, 0.15) is 23.9 Å². The van der Waals surface area contributed by atoms with Gasteiger partial charge in [0, 0.05) is 32.1 Å². The molecule has 0 amide bonds. The van der Waals surface area contributed by atoms with Crippen molar-refractivity contribution in [2.24, 2.45) is 0 Å². The van der Waals surface area contributed by atoms with Crippen molar-refractivity contribution in [1.29, 1.82) is 0 Å². The largest absolute Gasteiger partial charge is 0.493 e. The molecule has 1 aromatic heterocycles. The van der Waals surface area contributed by atoms with Crippen molar-refractivity contribution < 1.29 is 9.47 Å². The van der Waals surface area contributed by atoms with Gasteiger partial charge in [0.2, 0.25) is 4.77 Å². The average Bonchev–Trinajstić information content (AvgIpc) is 3.06. The molecule has 0 aliphatic heterocycles. The van der Waals surface area contributed by atoms with Crippen molar-refractivity contribution >= 4 is 51.3 Å². The molecule has 29 heavy (non-hydrogen) atoms. The van der Waals surface area contributed by atoms with E-state index in [4.69, 9.17) is 44.9 Å². The Bertz CT molecular complexity index is 1070. The lowest BCUT2D eigenvalue weighted by molar-refractivity contribution is 0.281. The van der Waals surface area contributed by atoms with Crippen molar-refractivity contribution in [2.75, 3.05) is 12.5 Å². The van der Waals surface area contributed by atoms with E-state index < -0.39 is 0 Å². The Morgan fingerprint density at radius 1 is 1.28 bits per heavy atom. The monoisotopic (exact) mass is 516 g/mol. The van der Waals surface area contributed by atoms with E-state index in [1.54, 1.807) is 23.9 Å². The lowest BCUT2D eigenvalue weighted by atomic mass is 10.1. The third-order valence-electron chi connectivity index (χ3n) is 4.25. The van der Waals surface area contributed by atoms with Crippen LogP contribution in [0.5, 0.6) is 11.5 Å². The Hall–Kier alpha value is -1.74. The van der Waals surface area contributed by atoms with Crippen LogP contribution in [0.4, 0.5) is 0 Å². The zero-order chi connectivity index (χ0) is 21.0. The number of aromatic amines is 1. The molecular weight excluding hydrogens is 499 g/mol. The van der Waals surface area contributed by atoms with E-state index in [1.807, 2.05) is 25.1 Å². The lowest BCUT2D eigenvalue weighted by Gasteiger charge is -2.18. The van der Waals surface area contributed by atoms with Gasteiger partial charge in [0.15, 0.2) is 17.3 Å². The number of H-pyrrole nitrogens is 1. The van der Waals surface area contributed by atoms with E-state index in [0.29, 0.717) is 32.9 Å². The Balaban J connectivity index is 1.88. The summed E-state index contributed by atoms with van der Waals surface area (Å²) in [6.07, 6.45) is 0.734. The van der Waals surface area contributed by atoms with Gasteiger partial charge in [-0.05, 0) is 36.5 Å². The summed E-state index contributed by atoms with van der Waals surface area (Å²) >= 11 is 21.2. The summed E-state index contributed by atoms with van der Waals surface area (Å²) in [6, 6.07) is 9.06. The molecule has 0 saturated carbocycles. The second kappa shape index (κ2) is 9.84. The summed E-state index contributed by atoms with van der Waals surface area (Å²) < 4.78 is 14.8. The summed E-state index contributed by atoms with van der Waals surface area (Å²) in [5.41, 5.74) is 4.98. The third-order valence-corrected chi connectivity index (χ3v) is 5.85. The maximum absolute atomic E-state index is 6.28. The highest BCUT2D eigenvalue weighted by atomic mass is 79.9. The van der Waals surface area contributed by atoms with Crippen LogP contribution in [0.3, 0.4) is 0 Å². The Morgan fingerprint density at radius 2 is 2.07 bits per heavy atom. The SMILES string of the molecule is CCc1n[nH]c(=S)n1NCc1c(Br)ccc(OC)c1OCc1ccc(Cl)cc1Cl. The molecule has 2 N–H and O–H groups in total. The first-order valence-corrected chi connectivity index (χ1v) is 10.7. The van der Waals surface area contributed by atoms with Crippen molar-refractivity contribution in [3.05, 3.63) is 66.6 Å². The highest BCUT2D eigenvalue weighted by molar-refractivity contribution is 9.10. The van der Waals surface area contributed by atoms with E-state index in [0.717, 1.165) is 27.8 Å². The number of aromatic nitrogens is 3. The van der Waals surface area contributed by atoms with Crippen LogP contribution in [0.25, 0.3) is 0 Å². The lowest BCUT2D eigenvalue weighted by Crippen LogP contribution is -2.18. The minimum atomic E-state index is 0.265. The number of nitrogens with one attached hydrogen (secondary N) is 2. The molecule has 0 spiro atoms. The van der Waals surface area contributed by atoms with Crippen LogP contribution in [-0.2, 0) is 19.6 Å². The van der Waals surface area contributed by atoms with Crippen molar-refractivity contribution in [1.82, 2.24) is 14.9 Å². The number of ether oxygens (including phenoxy) is 2. The molecule has 0 unspecified atom stereocenters. The number of hydrogen-bond acceptors (Lipinski definition) is 5. The molecule has 10 heteroatoms. The van der Waals surface area contributed by atoms with Gasteiger partial charge in [0.1, 0.15) is 6.61 Å². The minimum Gasteiger partial charge on any atom is -0.493 e. The summed E-state index contributed by atoms with van der Waals surface area (Å²) in [5, 5.41) is 8.12. The predicted octanol–water partition coefficient (Wildman–Crippen LogP) is 5.90. The number of nitrogens with zero attached hydrogens (tertiary/aromatic N) is 2. The number of aryl methyl sites for hydroxylation is 1. The molecule has 154 valence electrons. The van der Waals surface area contributed by atoms with E-state index >= 15 is 0 Å². The number of rotatable bonds is 8. The average molecular weight is 518 g/mol. The Kier molecular flexibility index (Phi) is 7.45. The van der Waals surface area contributed by atoms with Crippen LogP contribution in [0.15, 0.2) is 34.8 Å². The number of methoxy groups -OCH3 is 1. The smallest absolute Gasteiger partial charge is 0.214 e. The van der Waals surface area contributed by atoms with Crippen LogP contribution < -0.4 is 14.9 Å². The molecule has 2 aromatic carbocycles. The zero-order valence-electron chi connectivity index (χ0n) is 15.8. The fourth-order valence-electron chi connectivity index (χ4n) is 2.74. The zero-order valence-corrected chi connectivity index (χ0v) is 19.7. The topological polar surface area (TPSA) is 64.1 Å². The molecule has 0 saturated heterocycles. The maximum Gasteiger partial charge on any atom is 0.214 e. The fraction of sp³-hybridized carbons (Fsp3) is 0.263. The molecule has 0 atom stereocenters. The van der Waals surface area contributed by atoms with E-state index in [9.17, 15) is 0 Å². The Morgan fingerprint density at radius 3 is 2.76 bits per heavy atom. The van der Waals surface area contributed by atoms with Crippen molar-refractivity contribution in [3.63, 3.8) is 0 Å². The highest BCUT2D eigenvalue weighted by Crippen LogP contribution is 2.37. The van der Waals surface area contributed by atoms with Gasteiger partial charge in [-0.2, -0.15) is 5.10 Å². The van der Waals surface area contributed by atoms with E-state index in [2.05, 4.69) is 31.6 Å². The Labute approximate surface area is 192 Å². The first kappa shape index (κ1) is 22.0. The summed E-state index contributed by atoms with van der Waals surface area (Å²) in [4.78, 5) is 0. The molecule has 0 bridgehead atoms. The first-order valence-electron chi connectivity index (χ1n) is 8.76. The highest BCUT2D eigenvalue weighted by Gasteiger charge is 2.16. The van der Waals surface area contributed by atoms with E-state index in [-0.39, 0.29) is 6.61 Å². The van der Waals surface area contributed by atoms with E-state index in [1.165, 1.54) is 0 Å². The normalized spacial score (nSPS) is 10.8. The van der Waals surface area contributed by atoms with Gasteiger partial charge in [-0.25, -0.2) is 4.68 Å². The molecule has 0 radical (unpaired) electrons. The fourth-order valence-corrected chi connectivity index (χ4v) is 3.87. The summed E-state index contributed by atoms with van der Waals surface area (Å²) in [5.74, 6) is 2.03. The van der Waals surface area contributed by atoms with Crippen molar-refractivity contribution in [3.8, 4) is 11.5 Å². The first-order chi connectivity index (χ1) is 13.9. The van der Waals surface area contributed by atoms with Gasteiger partial charge in [0.05, 0.1) is 13.7 Å². The quantitative estimate of drug-likeness (QED) is 0.364. The second-order valence-electron chi connectivity index (χ2n) is 6.05. The molecule has 0 fully saturated rings. The summed E-state index contributed by atoms with van der Waals surface area (Å²) in [7, 11) is 1.60. The van der Waals surface area contributed by atoms with Gasteiger partial charge < -0.3 is 14.9 Å². The standard InChI is InChI=1S/C19H19BrCl2N4O2S/c1-3-17-24-25-19(29)26(17)23-9-13-14(20)6-7-16(27-2)18(13)28-10-11-4-5-12(21)8-15(11)22/h4-8,23H,3,9-10H2,1-2H3,(H,25,29).